The molecular formula is C29H42N2O6. The van der Waals surface area contributed by atoms with Crippen molar-refractivity contribution >= 4 is 23.9 Å². The lowest BCUT2D eigenvalue weighted by molar-refractivity contribution is -0.180. The fourth-order valence-electron chi connectivity index (χ4n) is 5.63. The molecule has 3 rings (SSSR count). The molecule has 2 saturated carbocycles. The molecule has 2 aliphatic rings. The normalized spacial score (nSPS) is 19.6. The van der Waals surface area contributed by atoms with Gasteiger partial charge in [0.1, 0.15) is 5.54 Å². The first-order chi connectivity index (χ1) is 17.7. The number of hydrogen-bond donors (Lipinski definition) is 3. The summed E-state index contributed by atoms with van der Waals surface area (Å²) in [5, 5.41) is 13.5. The summed E-state index contributed by atoms with van der Waals surface area (Å²) < 4.78 is 5.45. The number of carboxylic acid groups (broad SMARTS) is 1. The van der Waals surface area contributed by atoms with Crippen molar-refractivity contribution in [2.24, 2.45) is 17.8 Å². The number of amides is 2. The number of carbonyl (C=O) groups is 3. The van der Waals surface area contributed by atoms with Crippen LogP contribution in [0, 0.1) is 17.8 Å². The smallest absolute Gasteiger partial charge is 0.330 e. The van der Waals surface area contributed by atoms with Crippen molar-refractivity contribution < 1.29 is 29.1 Å². The number of carbonyl (C=O) groups excluding carboxylic acids is 2. The second-order valence-electron chi connectivity index (χ2n) is 10.8. The SMILES string of the molecule is CC(C)COC(C)ONC(=O)/C=C/c1cccc(C(=O)N[C@](C(=O)O)(C2CCCCC2)C2CCCC2)c1. The summed E-state index contributed by atoms with van der Waals surface area (Å²) in [5.41, 5.74) is 2.10. The molecule has 2 atom stereocenters. The summed E-state index contributed by atoms with van der Waals surface area (Å²) in [5.74, 6) is -1.54. The molecule has 0 spiro atoms. The lowest BCUT2D eigenvalue weighted by Gasteiger charge is -2.44. The number of nitrogens with one attached hydrogen (secondary N) is 2. The van der Waals surface area contributed by atoms with Crippen molar-refractivity contribution in [3.63, 3.8) is 0 Å². The quantitative estimate of drug-likeness (QED) is 0.203. The maximum atomic E-state index is 13.4. The summed E-state index contributed by atoms with van der Waals surface area (Å²) in [6, 6.07) is 6.84. The highest BCUT2D eigenvalue weighted by Crippen LogP contribution is 2.44. The van der Waals surface area contributed by atoms with Crippen molar-refractivity contribution in [1.29, 1.82) is 0 Å². The molecule has 2 fully saturated rings. The van der Waals surface area contributed by atoms with Crippen LogP contribution >= 0.6 is 0 Å². The van der Waals surface area contributed by atoms with Crippen LogP contribution in [0.4, 0.5) is 0 Å². The van der Waals surface area contributed by atoms with Crippen LogP contribution in [-0.4, -0.2) is 41.3 Å². The first-order valence-corrected chi connectivity index (χ1v) is 13.6. The Hall–Kier alpha value is -2.71. The van der Waals surface area contributed by atoms with Crippen LogP contribution in [0.1, 0.15) is 94.5 Å². The molecule has 0 radical (unpaired) electrons. The molecule has 1 aromatic rings. The van der Waals surface area contributed by atoms with Crippen LogP contribution in [0.15, 0.2) is 30.3 Å². The molecule has 2 amide bonds. The van der Waals surface area contributed by atoms with E-state index in [4.69, 9.17) is 9.57 Å². The van der Waals surface area contributed by atoms with Gasteiger partial charge in [0, 0.05) is 11.6 Å². The van der Waals surface area contributed by atoms with Gasteiger partial charge in [-0.3, -0.25) is 9.59 Å². The van der Waals surface area contributed by atoms with Crippen LogP contribution in [0.2, 0.25) is 0 Å². The maximum Gasteiger partial charge on any atom is 0.330 e. The molecule has 0 aliphatic heterocycles. The third-order valence-corrected chi connectivity index (χ3v) is 7.49. The van der Waals surface area contributed by atoms with Gasteiger partial charge in [0.2, 0.25) is 0 Å². The molecule has 0 aromatic heterocycles. The third kappa shape index (κ3) is 7.89. The number of ether oxygens (including phenoxy) is 1. The predicted octanol–water partition coefficient (Wildman–Crippen LogP) is 5.09. The van der Waals surface area contributed by atoms with E-state index in [1.807, 2.05) is 13.8 Å². The molecule has 2 aliphatic carbocycles. The van der Waals surface area contributed by atoms with E-state index in [2.05, 4.69) is 10.8 Å². The minimum atomic E-state index is -1.24. The molecule has 0 heterocycles. The molecule has 37 heavy (non-hydrogen) atoms. The van der Waals surface area contributed by atoms with Gasteiger partial charge in [0.05, 0.1) is 6.61 Å². The standard InChI is InChI=1S/C29H42N2O6/c1-20(2)19-36-21(3)37-31-26(32)17-16-22-10-9-11-23(18-22)27(33)30-29(28(34)35,25-14-7-8-15-25)24-12-5-4-6-13-24/h9-11,16-18,20-21,24-25H,4-8,12-15,19H2,1-3H3,(H,30,33)(H,31,32)(H,34,35)/b17-16+/t21?,29-/m1/s1. The van der Waals surface area contributed by atoms with Crippen LogP contribution < -0.4 is 10.8 Å². The molecule has 204 valence electrons. The van der Waals surface area contributed by atoms with Crippen molar-refractivity contribution in [1.82, 2.24) is 10.8 Å². The molecule has 1 unspecified atom stereocenters. The van der Waals surface area contributed by atoms with Crippen molar-refractivity contribution in [3.8, 4) is 0 Å². The average molecular weight is 515 g/mol. The highest BCUT2D eigenvalue weighted by atomic mass is 16.8. The van der Waals surface area contributed by atoms with Gasteiger partial charge in [0.15, 0.2) is 6.29 Å². The Balaban J connectivity index is 1.68. The van der Waals surface area contributed by atoms with Crippen molar-refractivity contribution in [3.05, 3.63) is 41.5 Å². The van der Waals surface area contributed by atoms with E-state index in [0.29, 0.717) is 23.7 Å². The van der Waals surface area contributed by atoms with Crippen molar-refractivity contribution in [2.75, 3.05) is 6.61 Å². The summed E-state index contributed by atoms with van der Waals surface area (Å²) in [6.45, 7) is 6.26. The summed E-state index contributed by atoms with van der Waals surface area (Å²) >= 11 is 0. The zero-order chi connectivity index (χ0) is 26.8. The number of carboxylic acids is 1. The van der Waals surface area contributed by atoms with Crippen LogP contribution in [-0.2, 0) is 19.2 Å². The number of rotatable bonds is 12. The Morgan fingerprint density at radius 2 is 1.65 bits per heavy atom. The molecule has 3 N–H and O–H groups in total. The van der Waals surface area contributed by atoms with Gasteiger partial charge in [-0.2, -0.15) is 0 Å². The monoisotopic (exact) mass is 514 g/mol. The zero-order valence-electron chi connectivity index (χ0n) is 22.3. The predicted molar refractivity (Wildman–Crippen MR) is 141 cm³/mol. The van der Waals surface area contributed by atoms with E-state index in [1.54, 1.807) is 37.3 Å². The highest BCUT2D eigenvalue weighted by molar-refractivity contribution is 5.99. The molecule has 8 nitrogen and oxygen atoms in total. The van der Waals surface area contributed by atoms with E-state index < -0.39 is 23.7 Å². The van der Waals surface area contributed by atoms with Gasteiger partial charge in [-0.05, 0) is 74.1 Å². The van der Waals surface area contributed by atoms with E-state index in [9.17, 15) is 19.5 Å². The lowest BCUT2D eigenvalue weighted by Crippen LogP contribution is -2.63. The van der Waals surface area contributed by atoms with E-state index in [-0.39, 0.29) is 17.7 Å². The zero-order valence-corrected chi connectivity index (χ0v) is 22.3. The van der Waals surface area contributed by atoms with Gasteiger partial charge in [-0.1, -0.05) is 58.1 Å². The topological polar surface area (TPSA) is 114 Å². The lowest BCUT2D eigenvalue weighted by atomic mass is 9.67. The Morgan fingerprint density at radius 1 is 1.03 bits per heavy atom. The Kier molecular flexibility index (Phi) is 10.7. The fourth-order valence-corrected chi connectivity index (χ4v) is 5.63. The number of benzene rings is 1. The Morgan fingerprint density at radius 3 is 2.24 bits per heavy atom. The molecule has 0 bridgehead atoms. The van der Waals surface area contributed by atoms with Gasteiger partial charge in [-0.15, -0.1) is 0 Å². The second kappa shape index (κ2) is 13.7. The Bertz CT molecular complexity index is 949. The van der Waals surface area contributed by atoms with Gasteiger partial charge < -0.3 is 15.2 Å². The largest absolute Gasteiger partial charge is 0.479 e. The summed E-state index contributed by atoms with van der Waals surface area (Å²) in [4.78, 5) is 43.6. The first-order valence-electron chi connectivity index (χ1n) is 13.6. The van der Waals surface area contributed by atoms with Gasteiger partial charge >= 0.3 is 5.97 Å². The van der Waals surface area contributed by atoms with Crippen molar-refractivity contribution in [2.45, 2.75) is 90.4 Å². The molecule has 1 aromatic carbocycles. The van der Waals surface area contributed by atoms with Gasteiger partial charge in [-0.25, -0.2) is 15.1 Å². The number of hydroxylamine groups is 1. The molecule has 8 heteroatoms. The first kappa shape index (κ1) is 28.9. The Labute approximate surface area is 220 Å². The van der Waals surface area contributed by atoms with E-state index in [1.165, 1.54) is 6.08 Å². The van der Waals surface area contributed by atoms with E-state index in [0.717, 1.165) is 57.8 Å². The number of hydrogen-bond acceptors (Lipinski definition) is 5. The number of aliphatic carboxylic acids is 1. The summed E-state index contributed by atoms with van der Waals surface area (Å²) in [7, 11) is 0. The maximum absolute atomic E-state index is 13.4. The molecular weight excluding hydrogens is 472 g/mol. The van der Waals surface area contributed by atoms with Crippen LogP contribution in [0.3, 0.4) is 0 Å². The minimum absolute atomic E-state index is 0.0595. The van der Waals surface area contributed by atoms with Crippen LogP contribution in [0.25, 0.3) is 6.08 Å². The minimum Gasteiger partial charge on any atom is -0.479 e. The van der Waals surface area contributed by atoms with Gasteiger partial charge in [0.25, 0.3) is 11.8 Å². The van der Waals surface area contributed by atoms with Crippen LogP contribution in [0.5, 0.6) is 0 Å². The average Bonchev–Trinajstić information content (AvgIpc) is 3.44. The summed E-state index contributed by atoms with van der Waals surface area (Å²) in [6.07, 6.45) is 10.7. The second-order valence-corrected chi connectivity index (χ2v) is 10.8. The fraction of sp³-hybridized carbons (Fsp3) is 0.621. The third-order valence-electron chi connectivity index (χ3n) is 7.49. The molecule has 0 saturated heterocycles. The van der Waals surface area contributed by atoms with E-state index >= 15 is 0 Å². The highest BCUT2D eigenvalue weighted by Gasteiger charge is 2.53.